The Morgan fingerprint density at radius 1 is 0.909 bits per heavy atom. The molecule has 3 N–H and O–H groups in total. The quantitative estimate of drug-likeness (QED) is 0.519. The van der Waals surface area contributed by atoms with Crippen LogP contribution in [0.5, 0.6) is 0 Å². The summed E-state index contributed by atoms with van der Waals surface area (Å²) in [6.07, 6.45) is 3.59. The highest BCUT2D eigenvalue weighted by molar-refractivity contribution is 7.93. The van der Waals surface area contributed by atoms with E-state index in [1.165, 1.54) is 19.3 Å². The number of nitrogens with one attached hydrogen (secondary N) is 3. The van der Waals surface area contributed by atoms with Crippen molar-refractivity contribution in [1.82, 2.24) is 5.32 Å². The van der Waals surface area contributed by atoms with Crippen LogP contribution in [-0.4, -0.2) is 39.1 Å². The molecule has 8 nitrogen and oxygen atoms in total. The maximum absolute atomic E-state index is 12.4. The lowest BCUT2D eigenvalue weighted by atomic mass is 10.1. The highest BCUT2D eigenvalue weighted by atomic mass is 32.2. The minimum absolute atomic E-state index is 0.0742. The van der Waals surface area contributed by atoms with Crippen LogP contribution in [0, 0.1) is 5.92 Å². The second-order valence-corrected chi connectivity index (χ2v) is 10.3. The standard InChI is InChI=1S/C24H32N4O4S/c1-18(2)24(30)26-20-8-6-19(7-9-20)16-25-23(29)17-33(31,32)27-21-10-12-22(13-11-21)28-14-4-3-5-15-28/h6-13,18,27H,3-5,14-17H2,1-2H3,(H,25,29)(H,26,30). The average molecular weight is 473 g/mol. The predicted octanol–water partition coefficient (Wildman–Crippen LogP) is 3.33. The number of benzene rings is 2. The van der Waals surface area contributed by atoms with Crippen LogP contribution in [0.25, 0.3) is 0 Å². The first-order chi connectivity index (χ1) is 15.7. The Balaban J connectivity index is 1.46. The molecule has 9 heteroatoms. The van der Waals surface area contributed by atoms with Crippen LogP contribution >= 0.6 is 0 Å². The van der Waals surface area contributed by atoms with Crippen molar-refractivity contribution >= 4 is 38.9 Å². The molecule has 0 bridgehead atoms. The van der Waals surface area contributed by atoms with Crippen molar-refractivity contribution in [3.05, 3.63) is 54.1 Å². The first-order valence-electron chi connectivity index (χ1n) is 11.2. The summed E-state index contributed by atoms with van der Waals surface area (Å²) in [7, 11) is -3.83. The Bertz CT molecular complexity index is 1040. The minimum atomic E-state index is -3.83. The summed E-state index contributed by atoms with van der Waals surface area (Å²) in [5, 5.41) is 5.41. The average Bonchev–Trinajstić information content (AvgIpc) is 2.79. The van der Waals surface area contributed by atoms with Crippen LogP contribution in [0.2, 0.25) is 0 Å². The fourth-order valence-electron chi connectivity index (χ4n) is 3.52. The van der Waals surface area contributed by atoms with Gasteiger partial charge in [0.25, 0.3) is 0 Å². The molecule has 2 amide bonds. The molecule has 0 atom stereocenters. The van der Waals surface area contributed by atoms with E-state index in [1.807, 2.05) is 26.0 Å². The summed E-state index contributed by atoms with van der Waals surface area (Å²) in [6, 6.07) is 14.3. The van der Waals surface area contributed by atoms with Gasteiger partial charge in [-0.1, -0.05) is 26.0 Å². The van der Waals surface area contributed by atoms with Gasteiger partial charge in [0.15, 0.2) is 0 Å². The number of hydrogen-bond acceptors (Lipinski definition) is 5. The molecule has 33 heavy (non-hydrogen) atoms. The van der Waals surface area contributed by atoms with Crippen LogP contribution in [0.1, 0.15) is 38.7 Å². The van der Waals surface area contributed by atoms with E-state index in [1.54, 1.807) is 36.4 Å². The molecule has 0 unspecified atom stereocenters. The summed E-state index contributed by atoms with van der Waals surface area (Å²) in [4.78, 5) is 26.2. The normalized spacial score (nSPS) is 14.1. The van der Waals surface area contributed by atoms with Crippen molar-refractivity contribution in [2.75, 3.05) is 33.8 Å². The first-order valence-corrected chi connectivity index (χ1v) is 12.9. The monoisotopic (exact) mass is 472 g/mol. The van der Waals surface area contributed by atoms with Crippen molar-refractivity contribution in [2.24, 2.45) is 5.92 Å². The van der Waals surface area contributed by atoms with Crippen molar-refractivity contribution in [3.8, 4) is 0 Å². The molecule has 1 aliphatic rings. The maximum Gasteiger partial charge on any atom is 0.241 e. The van der Waals surface area contributed by atoms with E-state index in [4.69, 9.17) is 0 Å². The maximum atomic E-state index is 12.4. The van der Waals surface area contributed by atoms with Gasteiger partial charge in [0, 0.05) is 42.6 Å². The van der Waals surface area contributed by atoms with Crippen LogP contribution in [-0.2, 0) is 26.2 Å². The third kappa shape index (κ3) is 7.78. The molecular formula is C24H32N4O4S. The van der Waals surface area contributed by atoms with Gasteiger partial charge in [0.2, 0.25) is 21.8 Å². The van der Waals surface area contributed by atoms with E-state index in [2.05, 4.69) is 20.3 Å². The van der Waals surface area contributed by atoms with E-state index in [9.17, 15) is 18.0 Å². The number of sulfonamides is 1. The zero-order chi connectivity index (χ0) is 23.8. The lowest BCUT2D eigenvalue weighted by Crippen LogP contribution is -2.32. The molecule has 178 valence electrons. The number of piperidine rings is 1. The zero-order valence-corrected chi connectivity index (χ0v) is 20.0. The Morgan fingerprint density at radius 2 is 1.52 bits per heavy atom. The number of amides is 2. The largest absolute Gasteiger partial charge is 0.372 e. The second-order valence-electron chi connectivity index (χ2n) is 8.57. The molecule has 2 aromatic carbocycles. The Hall–Kier alpha value is -3.07. The third-order valence-corrected chi connectivity index (χ3v) is 6.61. The fraction of sp³-hybridized carbons (Fsp3) is 0.417. The topological polar surface area (TPSA) is 108 Å². The highest BCUT2D eigenvalue weighted by Gasteiger charge is 2.17. The third-order valence-electron chi connectivity index (χ3n) is 5.42. The molecule has 0 aliphatic carbocycles. The van der Waals surface area contributed by atoms with E-state index < -0.39 is 21.7 Å². The molecule has 1 heterocycles. The number of anilines is 3. The van der Waals surface area contributed by atoms with Crippen LogP contribution in [0.4, 0.5) is 17.1 Å². The second kappa shape index (κ2) is 11.2. The summed E-state index contributed by atoms with van der Waals surface area (Å²) >= 11 is 0. The molecule has 0 radical (unpaired) electrons. The minimum Gasteiger partial charge on any atom is -0.372 e. The molecule has 2 aromatic rings. The zero-order valence-electron chi connectivity index (χ0n) is 19.1. The van der Waals surface area contributed by atoms with Gasteiger partial charge in [0.1, 0.15) is 5.75 Å². The molecule has 0 spiro atoms. The van der Waals surface area contributed by atoms with Gasteiger partial charge in [-0.05, 0) is 61.2 Å². The van der Waals surface area contributed by atoms with Gasteiger partial charge in [-0.2, -0.15) is 0 Å². The van der Waals surface area contributed by atoms with Gasteiger partial charge in [-0.15, -0.1) is 0 Å². The first kappa shape index (κ1) is 24.6. The van der Waals surface area contributed by atoms with Crippen LogP contribution in [0.15, 0.2) is 48.5 Å². The number of carbonyl (C=O) groups excluding carboxylic acids is 2. The molecule has 0 aromatic heterocycles. The molecule has 1 fully saturated rings. The Kier molecular flexibility index (Phi) is 8.32. The smallest absolute Gasteiger partial charge is 0.241 e. The van der Waals surface area contributed by atoms with E-state index in [-0.39, 0.29) is 18.4 Å². The van der Waals surface area contributed by atoms with E-state index >= 15 is 0 Å². The Labute approximate surface area is 195 Å². The number of rotatable bonds is 9. The van der Waals surface area contributed by atoms with Gasteiger partial charge in [-0.3, -0.25) is 14.3 Å². The van der Waals surface area contributed by atoms with Gasteiger partial charge < -0.3 is 15.5 Å². The van der Waals surface area contributed by atoms with Crippen LogP contribution in [0.3, 0.4) is 0 Å². The number of hydrogen-bond donors (Lipinski definition) is 3. The van der Waals surface area contributed by atoms with Gasteiger partial charge >= 0.3 is 0 Å². The van der Waals surface area contributed by atoms with Crippen molar-refractivity contribution in [1.29, 1.82) is 0 Å². The van der Waals surface area contributed by atoms with E-state index in [0.717, 1.165) is 24.3 Å². The van der Waals surface area contributed by atoms with Crippen molar-refractivity contribution < 1.29 is 18.0 Å². The SMILES string of the molecule is CC(C)C(=O)Nc1ccc(CNC(=O)CS(=O)(=O)Nc2ccc(N3CCCCC3)cc2)cc1. The van der Waals surface area contributed by atoms with Gasteiger partial charge in [-0.25, -0.2) is 8.42 Å². The number of carbonyl (C=O) groups is 2. The Morgan fingerprint density at radius 3 is 2.12 bits per heavy atom. The van der Waals surface area contributed by atoms with Crippen molar-refractivity contribution in [2.45, 2.75) is 39.7 Å². The highest BCUT2D eigenvalue weighted by Crippen LogP contribution is 2.22. The predicted molar refractivity (Wildman–Crippen MR) is 132 cm³/mol. The molecule has 1 aliphatic heterocycles. The van der Waals surface area contributed by atoms with Gasteiger partial charge in [0.05, 0.1) is 0 Å². The molecule has 1 saturated heterocycles. The summed E-state index contributed by atoms with van der Waals surface area (Å²) < 4.78 is 27.2. The summed E-state index contributed by atoms with van der Waals surface area (Å²) in [6.45, 7) is 5.85. The molecular weight excluding hydrogens is 440 g/mol. The molecule has 3 rings (SSSR count). The fourth-order valence-corrected chi connectivity index (χ4v) is 4.54. The number of nitrogens with zero attached hydrogens (tertiary/aromatic N) is 1. The summed E-state index contributed by atoms with van der Waals surface area (Å²) in [5.41, 5.74) is 2.97. The lowest BCUT2D eigenvalue weighted by molar-refractivity contribution is -0.119. The molecule has 0 saturated carbocycles. The van der Waals surface area contributed by atoms with Crippen LogP contribution < -0.4 is 20.3 Å². The van der Waals surface area contributed by atoms with E-state index in [0.29, 0.717) is 11.4 Å². The van der Waals surface area contributed by atoms with Crippen molar-refractivity contribution in [3.63, 3.8) is 0 Å². The summed E-state index contributed by atoms with van der Waals surface area (Å²) in [5.74, 6) is -1.45. The lowest BCUT2D eigenvalue weighted by Gasteiger charge is -2.28.